The quantitative estimate of drug-likeness (QED) is 0.795. The number of aromatic nitrogens is 1. The van der Waals surface area contributed by atoms with Crippen LogP contribution in [-0.4, -0.2) is 31.1 Å². The SMILES string of the molecule is COC(=O)c1cc2cc(Br)ccc2nc1C(=O)OC. The van der Waals surface area contributed by atoms with Gasteiger partial charge < -0.3 is 9.47 Å². The van der Waals surface area contributed by atoms with Crippen molar-refractivity contribution in [1.29, 1.82) is 0 Å². The molecule has 1 aromatic heterocycles. The lowest BCUT2D eigenvalue weighted by Crippen LogP contribution is -2.14. The number of halogens is 1. The van der Waals surface area contributed by atoms with Crippen LogP contribution in [0.2, 0.25) is 0 Å². The second kappa shape index (κ2) is 5.36. The van der Waals surface area contributed by atoms with E-state index in [9.17, 15) is 9.59 Å². The van der Waals surface area contributed by atoms with Crippen LogP contribution in [0, 0.1) is 0 Å². The zero-order chi connectivity index (χ0) is 14.0. The fourth-order valence-electron chi connectivity index (χ4n) is 1.67. The summed E-state index contributed by atoms with van der Waals surface area (Å²) in [5.41, 5.74) is 0.625. The third-order valence-electron chi connectivity index (χ3n) is 2.56. The second-order valence-corrected chi connectivity index (χ2v) is 4.62. The zero-order valence-corrected chi connectivity index (χ0v) is 11.9. The van der Waals surface area contributed by atoms with E-state index in [-0.39, 0.29) is 11.3 Å². The zero-order valence-electron chi connectivity index (χ0n) is 10.3. The summed E-state index contributed by atoms with van der Waals surface area (Å²) in [5, 5.41) is 0.724. The molecule has 1 heterocycles. The third-order valence-corrected chi connectivity index (χ3v) is 3.05. The van der Waals surface area contributed by atoms with Gasteiger partial charge in [0, 0.05) is 9.86 Å². The van der Waals surface area contributed by atoms with E-state index in [0.29, 0.717) is 5.52 Å². The first-order chi connectivity index (χ1) is 9.06. The Morgan fingerprint density at radius 1 is 1.11 bits per heavy atom. The summed E-state index contributed by atoms with van der Waals surface area (Å²) in [7, 11) is 2.48. The molecule has 0 aliphatic carbocycles. The molecule has 0 bridgehead atoms. The van der Waals surface area contributed by atoms with Crippen LogP contribution in [0.4, 0.5) is 0 Å². The molecule has 19 heavy (non-hydrogen) atoms. The summed E-state index contributed by atoms with van der Waals surface area (Å²) in [5.74, 6) is -1.31. The van der Waals surface area contributed by atoms with E-state index in [1.165, 1.54) is 14.2 Å². The minimum atomic E-state index is -0.676. The number of nitrogens with zero attached hydrogens (tertiary/aromatic N) is 1. The molecule has 2 aromatic rings. The molecule has 98 valence electrons. The topological polar surface area (TPSA) is 65.5 Å². The van der Waals surface area contributed by atoms with Crippen LogP contribution in [0.5, 0.6) is 0 Å². The van der Waals surface area contributed by atoms with E-state index in [1.807, 2.05) is 0 Å². The van der Waals surface area contributed by atoms with Crippen LogP contribution in [-0.2, 0) is 9.47 Å². The van der Waals surface area contributed by atoms with Gasteiger partial charge in [-0.25, -0.2) is 14.6 Å². The maximum atomic E-state index is 11.7. The van der Waals surface area contributed by atoms with E-state index in [1.54, 1.807) is 24.3 Å². The number of methoxy groups -OCH3 is 2. The number of ether oxygens (including phenoxy) is 2. The largest absolute Gasteiger partial charge is 0.465 e. The van der Waals surface area contributed by atoms with Crippen molar-refractivity contribution in [3.63, 3.8) is 0 Å². The molecule has 0 amide bonds. The summed E-state index contributed by atoms with van der Waals surface area (Å²) < 4.78 is 10.1. The number of fused-ring (bicyclic) bond motifs is 1. The Bertz CT molecular complexity index is 669. The van der Waals surface area contributed by atoms with Crippen molar-refractivity contribution in [2.75, 3.05) is 14.2 Å². The van der Waals surface area contributed by atoms with Crippen molar-refractivity contribution in [2.24, 2.45) is 0 Å². The Morgan fingerprint density at radius 2 is 1.79 bits per heavy atom. The van der Waals surface area contributed by atoms with Gasteiger partial charge in [0.1, 0.15) is 0 Å². The fraction of sp³-hybridized carbons (Fsp3) is 0.154. The van der Waals surface area contributed by atoms with Gasteiger partial charge in [-0.3, -0.25) is 0 Å². The summed E-state index contributed by atoms with van der Waals surface area (Å²) >= 11 is 3.34. The number of hydrogen-bond acceptors (Lipinski definition) is 5. The van der Waals surface area contributed by atoms with Crippen molar-refractivity contribution < 1.29 is 19.1 Å². The monoisotopic (exact) mass is 323 g/mol. The van der Waals surface area contributed by atoms with Crippen LogP contribution in [0.25, 0.3) is 10.9 Å². The lowest BCUT2D eigenvalue weighted by atomic mass is 10.1. The number of esters is 2. The summed E-state index contributed by atoms with van der Waals surface area (Å²) in [6.45, 7) is 0. The van der Waals surface area contributed by atoms with Gasteiger partial charge in [0.2, 0.25) is 0 Å². The van der Waals surface area contributed by atoms with Crippen LogP contribution < -0.4 is 0 Å². The number of hydrogen-bond donors (Lipinski definition) is 0. The molecule has 1 aromatic carbocycles. The highest BCUT2D eigenvalue weighted by Gasteiger charge is 2.21. The average Bonchev–Trinajstić information content (AvgIpc) is 2.44. The van der Waals surface area contributed by atoms with Crippen LogP contribution >= 0.6 is 15.9 Å². The Balaban J connectivity index is 2.73. The number of rotatable bonds is 2. The summed E-state index contributed by atoms with van der Waals surface area (Å²) in [4.78, 5) is 27.5. The number of pyridine rings is 1. The Kier molecular flexibility index (Phi) is 3.80. The molecule has 0 spiro atoms. The molecule has 5 nitrogen and oxygen atoms in total. The third kappa shape index (κ3) is 2.58. The van der Waals surface area contributed by atoms with Crippen LogP contribution in [0.1, 0.15) is 20.8 Å². The summed E-state index contributed by atoms with van der Waals surface area (Å²) in [6, 6.07) is 6.90. The van der Waals surface area contributed by atoms with E-state index in [4.69, 9.17) is 0 Å². The minimum absolute atomic E-state index is 0.0517. The van der Waals surface area contributed by atoms with E-state index in [2.05, 4.69) is 30.4 Å². The fourth-order valence-corrected chi connectivity index (χ4v) is 2.04. The molecule has 0 saturated heterocycles. The van der Waals surface area contributed by atoms with Crippen molar-refractivity contribution in [2.45, 2.75) is 0 Å². The number of carbonyl (C=O) groups excluding carboxylic acids is 2. The lowest BCUT2D eigenvalue weighted by molar-refractivity contribution is 0.0550. The molecule has 0 unspecified atom stereocenters. The molecule has 0 fully saturated rings. The van der Waals surface area contributed by atoms with Gasteiger partial charge in [-0.2, -0.15) is 0 Å². The highest BCUT2D eigenvalue weighted by atomic mass is 79.9. The Hall–Kier alpha value is -1.95. The molecule has 0 aliphatic rings. The first-order valence-electron chi connectivity index (χ1n) is 5.33. The predicted molar refractivity (Wildman–Crippen MR) is 72.1 cm³/mol. The Labute approximate surface area is 117 Å². The van der Waals surface area contributed by atoms with E-state index < -0.39 is 11.9 Å². The highest BCUT2D eigenvalue weighted by molar-refractivity contribution is 9.10. The number of benzene rings is 1. The molecule has 0 saturated carbocycles. The molecule has 0 radical (unpaired) electrons. The van der Waals surface area contributed by atoms with Crippen molar-refractivity contribution in [3.05, 3.63) is 40.0 Å². The molecular formula is C13H10BrNO4. The van der Waals surface area contributed by atoms with Gasteiger partial charge >= 0.3 is 11.9 Å². The average molecular weight is 324 g/mol. The molecule has 6 heteroatoms. The van der Waals surface area contributed by atoms with Crippen molar-refractivity contribution >= 4 is 38.8 Å². The molecule has 0 atom stereocenters. The molecule has 0 aliphatic heterocycles. The van der Waals surface area contributed by atoms with Gasteiger partial charge in [-0.1, -0.05) is 15.9 Å². The molecular weight excluding hydrogens is 314 g/mol. The lowest BCUT2D eigenvalue weighted by Gasteiger charge is -2.07. The minimum Gasteiger partial charge on any atom is -0.465 e. The van der Waals surface area contributed by atoms with Gasteiger partial charge in [-0.05, 0) is 24.3 Å². The van der Waals surface area contributed by atoms with Gasteiger partial charge in [0.15, 0.2) is 5.69 Å². The van der Waals surface area contributed by atoms with Gasteiger partial charge in [-0.15, -0.1) is 0 Å². The van der Waals surface area contributed by atoms with Crippen LogP contribution in [0.3, 0.4) is 0 Å². The highest BCUT2D eigenvalue weighted by Crippen LogP contribution is 2.22. The second-order valence-electron chi connectivity index (χ2n) is 3.70. The molecule has 2 rings (SSSR count). The van der Waals surface area contributed by atoms with Crippen LogP contribution in [0.15, 0.2) is 28.7 Å². The standard InChI is InChI=1S/C13H10BrNO4/c1-18-12(16)9-6-7-5-8(14)3-4-10(7)15-11(9)13(17)19-2/h3-6H,1-2H3. The van der Waals surface area contributed by atoms with Crippen molar-refractivity contribution in [3.8, 4) is 0 Å². The predicted octanol–water partition coefficient (Wildman–Crippen LogP) is 2.57. The van der Waals surface area contributed by atoms with Gasteiger partial charge in [0.05, 0.1) is 25.3 Å². The van der Waals surface area contributed by atoms with E-state index >= 15 is 0 Å². The first kappa shape index (κ1) is 13.5. The first-order valence-corrected chi connectivity index (χ1v) is 6.13. The Morgan fingerprint density at radius 3 is 2.42 bits per heavy atom. The summed E-state index contributed by atoms with van der Waals surface area (Å²) in [6.07, 6.45) is 0. The van der Waals surface area contributed by atoms with E-state index in [0.717, 1.165) is 9.86 Å². The maximum absolute atomic E-state index is 11.7. The number of carbonyl (C=O) groups is 2. The smallest absolute Gasteiger partial charge is 0.357 e. The van der Waals surface area contributed by atoms with Crippen molar-refractivity contribution in [1.82, 2.24) is 4.98 Å². The van der Waals surface area contributed by atoms with Gasteiger partial charge in [0.25, 0.3) is 0 Å². The maximum Gasteiger partial charge on any atom is 0.357 e. The normalized spacial score (nSPS) is 10.3. The molecule has 0 N–H and O–H groups in total.